The molecule has 20 heavy (non-hydrogen) atoms. The molecule has 3 N–H and O–H groups in total. The second-order valence-corrected chi connectivity index (χ2v) is 5.93. The van der Waals surface area contributed by atoms with Crippen LogP contribution in [0.3, 0.4) is 0 Å². The number of nitrogens with one attached hydrogen (secondary N) is 2. The van der Waals surface area contributed by atoms with E-state index in [2.05, 4.69) is 26.6 Å². The van der Waals surface area contributed by atoms with Crippen molar-refractivity contribution in [2.75, 3.05) is 11.9 Å². The summed E-state index contributed by atoms with van der Waals surface area (Å²) in [4.78, 5) is 22.8. The molecule has 5 nitrogen and oxygen atoms in total. The van der Waals surface area contributed by atoms with Crippen LogP contribution in [0, 0.1) is 11.8 Å². The summed E-state index contributed by atoms with van der Waals surface area (Å²) >= 11 is 3.31. The third-order valence-electron chi connectivity index (χ3n) is 2.70. The summed E-state index contributed by atoms with van der Waals surface area (Å²) in [5.74, 6) is -1.18. The number of urea groups is 1. The molecule has 0 radical (unpaired) electrons. The zero-order valence-electron chi connectivity index (χ0n) is 11.5. The maximum Gasteiger partial charge on any atom is 0.319 e. The highest BCUT2D eigenvalue weighted by Crippen LogP contribution is 2.15. The van der Waals surface area contributed by atoms with E-state index in [1.807, 2.05) is 19.9 Å². The molecular formula is C14H19BrN2O3. The molecule has 0 aliphatic rings. The van der Waals surface area contributed by atoms with Crippen molar-refractivity contribution in [3.05, 3.63) is 28.7 Å². The van der Waals surface area contributed by atoms with Crippen molar-refractivity contribution in [2.24, 2.45) is 11.8 Å². The van der Waals surface area contributed by atoms with Gasteiger partial charge in [0.15, 0.2) is 0 Å². The van der Waals surface area contributed by atoms with Gasteiger partial charge in [-0.1, -0.05) is 35.8 Å². The van der Waals surface area contributed by atoms with Gasteiger partial charge in [-0.05, 0) is 30.5 Å². The lowest BCUT2D eigenvalue weighted by Gasteiger charge is -2.15. The Kier molecular flexibility index (Phi) is 6.51. The first-order valence-corrected chi connectivity index (χ1v) is 7.21. The van der Waals surface area contributed by atoms with Gasteiger partial charge >= 0.3 is 12.0 Å². The normalized spacial score (nSPS) is 12.0. The molecule has 0 heterocycles. The lowest BCUT2D eigenvalue weighted by molar-refractivity contribution is -0.142. The number of carboxylic acid groups (broad SMARTS) is 1. The highest BCUT2D eigenvalue weighted by molar-refractivity contribution is 9.10. The molecule has 1 atom stereocenters. The Morgan fingerprint density at radius 1 is 1.35 bits per heavy atom. The van der Waals surface area contributed by atoms with Gasteiger partial charge in [-0.15, -0.1) is 0 Å². The standard InChI is InChI=1S/C14H19BrN2O3/c1-9(2)6-10(13(18)19)8-16-14(20)17-12-5-3-4-11(15)7-12/h3-5,7,9-10H,6,8H2,1-2H3,(H,18,19)(H2,16,17,20). The Labute approximate surface area is 126 Å². The number of hydrogen-bond donors (Lipinski definition) is 3. The minimum Gasteiger partial charge on any atom is -0.481 e. The minimum absolute atomic E-state index is 0.118. The molecule has 0 saturated heterocycles. The van der Waals surface area contributed by atoms with Crippen molar-refractivity contribution in [1.82, 2.24) is 5.32 Å². The number of amides is 2. The van der Waals surface area contributed by atoms with Crippen molar-refractivity contribution >= 4 is 33.6 Å². The van der Waals surface area contributed by atoms with E-state index in [-0.39, 0.29) is 12.5 Å². The summed E-state index contributed by atoms with van der Waals surface area (Å²) in [5, 5.41) is 14.3. The molecular weight excluding hydrogens is 324 g/mol. The van der Waals surface area contributed by atoms with Crippen LogP contribution in [-0.2, 0) is 4.79 Å². The topological polar surface area (TPSA) is 78.4 Å². The number of carbonyl (C=O) groups excluding carboxylic acids is 1. The van der Waals surface area contributed by atoms with E-state index in [1.165, 1.54) is 0 Å². The first-order chi connectivity index (χ1) is 9.38. The van der Waals surface area contributed by atoms with Crippen molar-refractivity contribution in [3.63, 3.8) is 0 Å². The maximum atomic E-state index is 11.7. The van der Waals surface area contributed by atoms with Crippen LogP contribution >= 0.6 is 15.9 Å². The molecule has 1 unspecified atom stereocenters. The van der Waals surface area contributed by atoms with Crippen LogP contribution in [0.25, 0.3) is 0 Å². The van der Waals surface area contributed by atoms with Crippen LogP contribution in [0.5, 0.6) is 0 Å². The fourth-order valence-electron chi connectivity index (χ4n) is 1.80. The molecule has 1 aromatic rings. The van der Waals surface area contributed by atoms with Crippen LogP contribution in [0.2, 0.25) is 0 Å². The molecule has 2 amide bonds. The Morgan fingerprint density at radius 3 is 2.60 bits per heavy atom. The monoisotopic (exact) mass is 342 g/mol. The van der Waals surface area contributed by atoms with Crippen molar-refractivity contribution in [3.8, 4) is 0 Å². The highest BCUT2D eigenvalue weighted by Gasteiger charge is 2.19. The summed E-state index contributed by atoms with van der Waals surface area (Å²) in [6.07, 6.45) is 0.534. The van der Waals surface area contributed by atoms with Gasteiger partial charge in [-0.3, -0.25) is 4.79 Å². The fourth-order valence-corrected chi connectivity index (χ4v) is 2.20. The van der Waals surface area contributed by atoms with Crippen LogP contribution < -0.4 is 10.6 Å². The van der Waals surface area contributed by atoms with Crippen LogP contribution in [0.15, 0.2) is 28.7 Å². The SMILES string of the molecule is CC(C)CC(CNC(=O)Nc1cccc(Br)c1)C(=O)O. The molecule has 0 aromatic heterocycles. The molecule has 1 aromatic carbocycles. The van der Waals surface area contributed by atoms with E-state index >= 15 is 0 Å². The molecule has 0 saturated carbocycles. The lowest BCUT2D eigenvalue weighted by atomic mass is 9.97. The number of halogens is 1. The van der Waals surface area contributed by atoms with Gasteiger partial charge in [0.05, 0.1) is 5.92 Å². The van der Waals surface area contributed by atoms with Gasteiger partial charge < -0.3 is 15.7 Å². The van der Waals surface area contributed by atoms with Crippen molar-refractivity contribution < 1.29 is 14.7 Å². The lowest BCUT2D eigenvalue weighted by Crippen LogP contribution is -2.36. The largest absolute Gasteiger partial charge is 0.481 e. The number of benzene rings is 1. The average Bonchev–Trinajstić information content (AvgIpc) is 2.33. The first kappa shape index (κ1) is 16.5. The zero-order chi connectivity index (χ0) is 15.1. The Bertz CT molecular complexity index is 477. The summed E-state index contributed by atoms with van der Waals surface area (Å²) in [5.41, 5.74) is 0.646. The summed E-state index contributed by atoms with van der Waals surface area (Å²) in [6, 6.07) is 6.78. The maximum absolute atomic E-state index is 11.7. The molecule has 6 heteroatoms. The molecule has 0 fully saturated rings. The number of rotatable bonds is 6. The molecule has 0 aliphatic carbocycles. The Balaban J connectivity index is 2.47. The third kappa shape index (κ3) is 6.06. The van der Waals surface area contributed by atoms with Gasteiger partial charge in [0.25, 0.3) is 0 Å². The first-order valence-electron chi connectivity index (χ1n) is 6.41. The van der Waals surface area contributed by atoms with Gasteiger partial charge in [0.1, 0.15) is 0 Å². The highest BCUT2D eigenvalue weighted by atomic mass is 79.9. The van der Waals surface area contributed by atoms with Gasteiger partial charge in [-0.2, -0.15) is 0 Å². The fraction of sp³-hybridized carbons (Fsp3) is 0.429. The summed E-state index contributed by atoms with van der Waals surface area (Å²) < 4.78 is 0.860. The predicted molar refractivity (Wildman–Crippen MR) is 81.7 cm³/mol. The molecule has 0 spiro atoms. The Hall–Kier alpha value is -1.56. The van der Waals surface area contributed by atoms with Gasteiger partial charge in [-0.25, -0.2) is 4.79 Å². The van der Waals surface area contributed by atoms with Crippen LogP contribution in [0.1, 0.15) is 20.3 Å². The quantitative estimate of drug-likeness (QED) is 0.741. The Morgan fingerprint density at radius 2 is 2.05 bits per heavy atom. The van der Waals surface area contributed by atoms with Gasteiger partial charge in [0.2, 0.25) is 0 Å². The molecule has 1 rings (SSSR count). The van der Waals surface area contributed by atoms with E-state index < -0.39 is 17.9 Å². The summed E-state index contributed by atoms with van der Waals surface area (Å²) in [7, 11) is 0. The van der Waals surface area contributed by atoms with Crippen molar-refractivity contribution in [1.29, 1.82) is 0 Å². The van der Waals surface area contributed by atoms with E-state index in [1.54, 1.807) is 18.2 Å². The van der Waals surface area contributed by atoms with E-state index in [9.17, 15) is 9.59 Å². The van der Waals surface area contributed by atoms with Crippen molar-refractivity contribution in [2.45, 2.75) is 20.3 Å². The van der Waals surface area contributed by atoms with E-state index in [0.29, 0.717) is 12.1 Å². The predicted octanol–water partition coefficient (Wildman–Crippen LogP) is 3.32. The molecule has 110 valence electrons. The smallest absolute Gasteiger partial charge is 0.319 e. The van der Waals surface area contributed by atoms with E-state index in [0.717, 1.165) is 4.47 Å². The van der Waals surface area contributed by atoms with Crippen LogP contribution in [0.4, 0.5) is 10.5 Å². The zero-order valence-corrected chi connectivity index (χ0v) is 13.1. The number of anilines is 1. The number of hydrogen-bond acceptors (Lipinski definition) is 2. The molecule has 0 bridgehead atoms. The second-order valence-electron chi connectivity index (χ2n) is 5.01. The molecule has 0 aliphatic heterocycles. The van der Waals surface area contributed by atoms with E-state index in [4.69, 9.17) is 5.11 Å². The average molecular weight is 343 g/mol. The third-order valence-corrected chi connectivity index (χ3v) is 3.19. The second kappa shape index (κ2) is 7.89. The number of aliphatic carboxylic acids is 1. The van der Waals surface area contributed by atoms with Crippen LogP contribution in [-0.4, -0.2) is 23.7 Å². The minimum atomic E-state index is -0.888. The van der Waals surface area contributed by atoms with Gasteiger partial charge in [0, 0.05) is 16.7 Å². The number of carbonyl (C=O) groups is 2. The summed E-state index contributed by atoms with van der Waals surface area (Å²) in [6.45, 7) is 4.03. The number of carboxylic acids is 1.